The number of benzene rings is 2. The fraction of sp³-hybridized carbons (Fsp3) is 0.143. The Kier molecular flexibility index (Phi) is 8.49. The predicted molar refractivity (Wildman–Crippen MR) is 106 cm³/mol. The van der Waals surface area contributed by atoms with Crippen molar-refractivity contribution in [2.24, 2.45) is 0 Å². The Morgan fingerprint density at radius 3 is 2.55 bits per heavy atom. The maximum absolute atomic E-state index is 13.8. The highest BCUT2D eigenvalue weighted by Crippen LogP contribution is 2.64. The number of aromatic hydroxyl groups is 1. The number of phenols is 1. The summed E-state index contributed by atoms with van der Waals surface area (Å²) in [7, 11) is 0. The van der Waals surface area contributed by atoms with Crippen molar-refractivity contribution in [1.82, 2.24) is 0 Å². The molecule has 0 aliphatic carbocycles. The van der Waals surface area contributed by atoms with Crippen LogP contribution in [-0.4, -0.2) is 5.11 Å². The molecule has 1 N–H and O–H groups in total. The molecule has 0 unspecified atom stereocenters. The molecule has 0 bridgehead atoms. The van der Waals surface area contributed by atoms with E-state index in [2.05, 4.69) is 55.3 Å². The van der Waals surface area contributed by atoms with Crippen molar-refractivity contribution in [1.29, 1.82) is 0 Å². The number of phenolic OH excluding ortho intramolecular Hbond substituents is 1. The van der Waals surface area contributed by atoms with Gasteiger partial charge in [0.2, 0.25) is 0 Å². The number of rotatable bonds is 1. The third-order valence-corrected chi connectivity index (χ3v) is 6.83. The molecule has 0 spiro atoms. The van der Waals surface area contributed by atoms with E-state index in [-0.39, 0.29) is 13.7 Å². The Balaban J connectivity index is 0.000000956. The first-order valence-electron chi connectivity index (χ1n) is 5.79. The lowest BCUT2D eigenvalue weighted by molar-refractivity contribution is 0.481. The van der Waals surface area contributed by atoms with Crippen LogP contribution in [0.15, 0.2) is 30.3 Å². The fourth-order valence-corrected chi connectivity index (χ4v) is 3.90. The molecule has 0 aliphatic rings. The van der Waals surface area contributed by atoms with Crippen LogP contribution in [0.25, 0.3) is 10.8 Å². The Hall–Kier alpha value is 0.230. The molecule has 0 fully saturated rings. The average molecular weight is 532 g/mol. The van der Waals surface area contributed by atoms with Crippen molar-refractivity contribution in [2.45, 2.75) is 13.8 Å². The van der Waals surface area contributed by atoms with E-state index in [4.69, 9.17) is 0 Å². The van der Waals surface area contributed by atoms with Crippen molar-refractivity contribution in [3.63, 3.8) is 0 Å². The second-order valence-electron chi connectivity index (χ2n) is 3.32. The molecule has 0 aliphatic heterocycles. The Labute approximate surface area is 149 Å². The van der Waals surface area contributed by atoms with E-state index in [0.717, 1.165) is 5.39 Å². The number of fused-ring (bicyclic) bond motifs is 1. The number of hydrogen-bond acceptors (Lipinski definition) is 2. The largest absolute Gasteiger partial charge is 0.507 e. The molecule has 2 aromatic carbocycles. The van der Waals surface area contributed by atoms with Crippen LogP contribution in [0.1, 0.15) is 19.4 Å². The van der Waals surface area contributed by atoms with Crippen molar-refractivity contribution < 1.29 is 9.50 Å². The van der Waals surface area contributed by atoms with Gasteiger partial charge in [0, 0.05) is 5.39 Å². The van der Waals surface area contributed by atoms with E-state index in [0.29, 0.717) is 5.39 Å². The van der Waals surface area contributed by atoms with E-state index < -0.39 is 5.82 Å². The highest BCUT2D eigenvalue weighted by atomic mass is 127. The molecule has 6 heteroatoms. The van der Waals surface area contributed by atoms with E-state index >= 15 is 0 Å². The average Bonchev–Trinajstić information content (AvgIpc) is 2.43. The third-order valence-electron chi connectivity index (χ3n) is 2.26. The topological polar surface area (TPSA) is 20.2 Å². The van der Waals surface area contributed by atoms with Crippen molar-refractivity contribution in [3.05, 3.63) is 41.7 Å². The van der Waals surface area contributed by atoms with Gasteiger partial charge in [-0.2, -0.15) is 0 Å². The predicted octanol–water partition coefficient (Wildman–Crippen LogP) is 6.85. The van der Waals surface area contributed by atoms with E-state index in [1.807, 2.05) is 19.9 Å². The van der Waals surface area contributed by atoms with Gasteiger partial charge in [-0.05, 0) is 78.2 Å². The smallest absolute Gasteiger partial charge is 0.139 e. The zero-order chi connectivity index (χ0) is 15.1. The minimum absolute atomic E-state index is 0.0625. The number of hydrogen-bond donors (Lipinski definition) is 1. The highest BCUT2D eigenvalue weighted by Gasteiger charge is 2.09. The molecule has 20 heavy (non-hydrogen) atoms. The lowest BCUT2D eigenvalue weighted by atomic mass is 10.0. The van der Waals surface area contributed by atoms with E-state index in [9.17, 15) is 9.50 Å². The fourth-order valence-electron chi connectivity index (χ4n) is 1.57. The molecule has 0 aromatic heterocycles. The van der Waals surface area contributed by atoms with Gasteiger partial charge in [0.05, 0.1) is 7.97 Å². The van der Waals surface area contributed by atoms with Crippen molar-refractivity contribution in [2.75, 3.05) is 0 Å². The summed E-state index contributed by atoms with van der Waals surface area (Å²) in [6.45, 7) is 4.00. The third kappa shape index (κ3) is 4.90. The van der Waals surface area contributed by atoms with Gasteiger partial charge < -0.3 is 5.11 Å². The molecular formula is C14H12FI2OPS. The SMILES string of the molecule is CC.Oc1cccc2ccc(F)c(C#CSP(I)I)c12. The van der Waals surface area contributed by atoms with Gasteiger partial charge in [0.1, 0.15) is 11.6 Å². The molecule has 0 saturated heterocycles. The molecule has 106 valence electrons. The molecule has 2 rings (SSSR count). The highest BCUT2D eigenvalue weighted by molar-refractivity contribution is 14.3. The summed E-state index contributed by atoms with van der Waals surface area (Å²) < 4.78 is 13.5. The summed E-state index contributed by atoms with van der Waals surface area (Å²) in [6.07, 6.45) is 0. The van der Waals surface area contributed by atoms with Gasteiger partial charge in [-0.25, -0.2) is 4.39 Å². The maximum Gasteiger partial charge on any atom is 0.139 e. The van der Waals surface area contributed by atoms with Gasteiger partial charge in [0.25, 0.3) is 0 Å². The van der Waals surface area contributed by atoms with Gasteiger partial charge in [0.15, 0.2) is 0 Å². The normalized spacial score (nSPS) is 9.70. The van der Waals surface area contributed by atoms with Crippen LogP contribution in [0.3, 0.4) is 0 Å². The molecule has 2 aromatic rings. The zero-order valence-electron chi connectivity index (χ0n) is 10.8. The van der Waals surface area contributed by atoms with Crippen molar-refractivity contribution >= 4 is 68.6 Å². The summed E-state index contributed by atoms with van der Waals surface area (Å²) in [5.74, 6) is 2.48. The van der Waals surface area contributed by atoms with Gasteiger partial charge in [-0.1, -0.05) is 38.0 Å². The standard InChI is InChI=1S/C12H6FI2OPS.C2H6/c13-10-5-4-8-2-1-3-11(16)12(8)9(10)6-7-18-17(14)15;1-2/h1-5,16H;1-2H3. The van der Waals surface area contributed by atoms with Gasteiger partial charge >= 0.3 is 0 Å². The Morgan fingerprint density at radius 2 is 1.90 bits per heavy atom. The van der Waals surface area contributed by atoms with Crippen LogP contribution in [0.5, 0.6) is 5.75 Å². The van der Waals surface area contributed by atoms with Crippen LogP contribution in [0, 0.1) is 17.0 Å². The molecule has 0 heterocycles. The van der Waals surface area contributed by atoms with Crippen LogP contribution < -0.4 is 0 Å². The maximum atomic E-state index is 13.8. The quantitative estimate of drug-likeness (QED) is 0.247. The summed E-state index contributed by atoms with van der Waals surface area (Å²) in [5, 5.41) is 14.0. The lowest BCUT2D eigenvalue weighted by Crippen LogP contribution is -1.86. The summed E-state index contributed by atoms with van der Waals surface area (Å²) in [6, 6.07) is 8.14. The van der Waals surface area contributed by atoms with Crippen LogP contribution in [0.2, 0.25) is 0 Å². The minimum atomic E-state index is -0.400. The van der Waals surface area contributed by atoms with Gasteiger partial charge in [-0.3, -0.25) is 0 Å². The first-order chi connectivity index (χ1) is 9.59. The van der Waals surface area contributed by atoms with E-state index in [1.54, 1.807) is 18.2 Å². The molecule has 1 nitrogen and oxygen atoms in total. The number of halogens is 3. The first kappa shape index (κ1) is 18.3. The lowest BCUT2D eigenvalue weighted by Gasteiger charge is -2.04. The van der Waals surface area contributed by atoms with Gasteiger partial charge in [-0.15, -0.1) is 0 Å². The Morgan fingerprint density at radius 1 is 1.20 bits per heavy atom. The molecule has 0 saturated carbocycles. The van der Waals surface area contributed by atoms with E-state index in [1.165, 1.54) is 17.4 Å². The molecule has 0 atom stereocenters. The summed E-state index contributed by atoms with van der Waals surface area (Å²) in [4.78, 5) is 0. The van der Waals surface area contributed by atoms with Crippen LogP contribution in [-0.2, 0) is 0 Å². The van der Waals surface area contributed by atoms with Crippen LogP contribution in [0.4, 0.5) is 4.39 Å². The molecular weight excluding hydrogens is 520 g/mol. The Bertz CT molecular complexity index is 653. The second kappa shape index (κ2) is 9.29. The summed E-state index contributed by atoms with van der Waals surface area (Å²) >= 11 is 6.05. The minimum Gasteiger partial charge on any atom is -0.507 e. The zero-order valence-corrected chi connectivity index (χ0v) is 16.8. The monoisotopic (exact) mass is 532 g/mol. The van der Waals surface area contributed by atoms with Crippen molar-refractivity contribution in [3.8, 4) is 16.9 Å². The van der Waals surface area contributed by atoms with Crippen LogP contribution >= 0.6 is 57.9 Å². The molecule has 0 amide bonds. The second-order valence-corrected chi connectivity index (χ2v) is 21.0. The molecule has 0 radical (unpaired) electrons. The first-order valence-corrected chi connectivity index (χ1v) is 14.1. The summed E-state index contributed by atoms with van der Waals surface area (Å²) in [5.41, 5.74) is 0.266.